The molecule has 0 aromatic carbocycles. The quantitative estimate of drug-likeness (QED) is 0.789. The largest absolute Gasteiger partial charge is 0.311 e. The second kappa shape index (κ2) is 4.89. The molecule has 0 amide bonds. The molecule has 3 aliphatic rings. The minimum absolute atomic E-state index is 0.814. The molecule has 1 heterocycles. The molecule has 2 aliphatic carbocycles. The van der Waals surface area contributed by atoms with Crippen LogP contribution >= 0.6 is 0 Å². The van der Waals surface area contributed by atoms with E-state index in [4.69, 9.17) is 0 Å². The van der Waals surface area contributed by atoms with Crippen LogP contribution in [0.5, 0.6) is 0 Å². The van der Waals surface area contributed by atoms with Gasteiger partial charge in [0.1, 0.15) is 0 Å². The van der Waals surface area contributed by atoms with Crippen LogP contribution in [0.25, 0.3) is 0 Å². The molecule has 1 saturated heterocycles. The van der Waals surface area contributed by atoms with E-state index in [2.05, 4.69) is 24.1 Å². The highest BCUT2D eigenvalue weighted by atomic mass is 15.2. The molecule has 0 aromatic heterocycles. The Labute approximate surface area is 106 Å². The minimum atomic E-state index is 0.814. The Balaban J connectivity index is 1.60. The molecule has 3 rings (SSSR count). The van der Waals surface area contributed by atoms with Gasteiger partial charge in [-0.25, -0.2) is 0 Å². The van der Waals surface area contributed by atoms with E-state index >= 15 is 0 Å². The fourth-order valence-corrected chi connectivity index (χ4v) is 3.35. The summed E-state index contributed by atoms with van der Waals surface area (Å²) >= 11 is 0. The van der Waals surface area contributed by atoms with Gasteiger partial charge in [-0.3, -0.25) is 4.90 Å². The summed E-state index contributed by atoms with van der Waals surface area (Å²) in [7, 11) is 0. The molecule has 0 bridgehead atoms. The Morgan fingerprint density at radius 1 is 1.18 bits per heavy atom. The summed E-state index contributed by atoms with van der Waals surface area (Å²) < 4.78 is 0. The van der Waals surface area contributed by atoms with Crippen molar-refractivity contribution >= 4 is 0 Å². The molecule has 2 saturated carbocycles. The predicted octanol–water partition coefficient (Wildman–Crippen LogP) is 2.49. The molecule has 17 heavy (non-hydrogen) atoms. The van der Waals surface area contributed by atoms with E-state index in [9.17, 15) is 0 Å². The first-order valence-electron chi connectivity index (χ1n) is 7.75. The first-order valence-corrected chi connectivity index (χ1v) is 7.75. The third-order valence-corrected chi connectivity index (χ3v) is 5.09. The number of hydrogen-bond acceptors (Lipinski definition) is 2. The van der Waals surface area contributed by atoms with Crippen LogP contribution in [-0.2, 0) is 0 Å². The minimum Gasteiger partial charge on any atom is -0.311 e. The molecular weight excluding hydrogens is 208 g/mol. The highest BCUT2D eigenvalue weighted by molar-refractivity contribution is 4.99. The van der Waals surface area contributed by atoms with Crippen LogP contribution in [0.4, 0.5) is 0 Å². The van der Waals surface area contributed by atoms with Crippen molar-refractivity contribution in [3.63, 3.8) is 0 Å². The topological polar surface area (TPSA) is 15.3 Å². The monoisotopic (exact) mass is 236 g/mol. The lowest BCUT2D eigenvalue weighted by Gasteiger charge is -2.42. The molecular formula is C15H28N2. The van der Waals surface area contributed by atoms with Crippen molar-refractivity contribution in [2.24, 2.45) is 17.8 Å². The van der Waals surface area contributed by atoms with E-state index in [0.717, 1.165) is 29.8 Å². The Morgan fingerprint density at radius 3 is 2.47 bits per heavy atom. The summed E-state index contributed by atoms with van der Waals surface area (Å²) in [6, 6.07) is 1.67. The third kappa shape index (κ3) is 2.85. The lowest BCUT2D eigenvalue weighted by Crippen LogP contribution is -2.58. The zero-order chi connectivity index (χ0) is 11.8. The van der Waals surface area contributed by atoms with E-state index in [1.807, 2.05) is 0 Å². The first-order chi connectivity index (χ1) is 8.28. The standard InChI is InChI=1S/C15H28N2/c1-3-11(2)9-17-10-14(12-4-5-12)16-8-15(17)13-6-7-13/h11-16H,3-10H2,1-2H3. The molecule has 3 atom stereocenters. The van der Waals surface area contributed by atoms with Gasteiger partial charge in [-0.1, -0.05) is 20.3 Å². The molecule has 3 fully saturated rings. The van der Waals surface area contributed by atoms with Gasteiger partial charge in [-0.15, -0.1) is 0 Å². The molecule has 0 aromatic rings. The number of nitrogens with one attached hydrogen (secondary N) is 1. The SMILES string of the molecule is CCC(C)CN1CC(C2CC2)NCC1C1CC1. The van der Waals surface area contributed by atoms with Gasteiger partial charge in [0.25, 0.3) is 0 Å². The molecule has 2 nitrogen and oxygen atoms in total. The third-order valence-electron chi connectivity index (χ3n) is 5.09. The van der Waals surface area contributed by atoms with Crippen LogP contribution in [0.3, 0.4) is 0 Å². The molecule has 2 heteroatoms. The van der Waals surface area contributed by atoms with Crippen LogP contribution in [-0.4, -0.2) is 36.6 Å². The summed E-state index contributed by atoms with van der Waals surface area (Å²) in [6.45, 7) is 8.68. The van der Waals surface area contributed by atoms with Crippen molar-refractivity contribution in [1.29, 1.82) is 0 Å². The van der Waals surface area contributed by atoms with E-state index < -0.39 is 0 Å². The smallest absolute Gasteiger partial charge is 0.0249 e. The summed E-state index contributed by atoms with van der Waals surface area (Å²) in [5.41, 5.74) is 0. The molecule has 98 valence electrons. The highest BCUT2D eigenvalue weighted by Gasteiger charge is 2.42. The van der Waals surface area contributed by atoms with Crippen molar-refractivity contribution in [1.82, 2.24) is 10.2 Å². The second-order valence-corrected chi connectivity index (χ2v) is 6.72. The zero-order valence-electron chi connectivity index (χ0n) is 11.5. The summed E-state index contributed by atoms with van der Waals surface area (Å²) in [5.74, 6) is 2.90. The summed E-state index contributed by atoms with van der Waals surface area (Å²) in [5, 5.41) is 3.83. The van der Waals surface area contributed by atoms with Gasteiger partial charge < -0.3 is 5.32 Å². The van der Waals surface area contributed by atoms with Gasteiger partial charge in [0.05, 0.1) is 0 Å². The van der Waals surface area contributed by atoms with Crippen LogP contribution in [0.15, 0.2) is 0 Å². The predicted molar refractivity (Wildman–Crippen MR) is 72.1 cm³/mol. The van der Waals surface area contributed by atoms with Crippen molar-refractivity contribution < 1.29 is 0 Å². The van der Waals surface area contributed by atoms with E-state index in [-0.39, 0.29) is 0 Å². The molecule has 3 unspecified atom stereocenters. The number of piperazine rings is 1. The molecule has 1 N–H and O–H groups in total. The van der Waals surface area contributed by atoms with Gasteiger partial charge in [0.2, 0.25) is 0 Å². The van der Waals surface area contributed by atoms with E-state index in [1.165, 1.54) is 51.7 Å². The van der Waals surface area contributed by atoms with E-state index in [1.54, 1.807) is 0 Å². The van der Waals surface area contributed by atoms with Crippen molar-refractivity contribution in [2.75, 3.05) is 19.6 Å². The van der Waals surface area contributed by atoms with E-state index in [0.29, 0.717) is 0 Å². The molecule has 0 radical (unpaired) electrons. The van der Waals surface area contributed by atoms with Gasteiger partial charge in [0.15, 0.2) is 0 Å². The summed E-state index contributed by atoms with van der Waals surface area (Å²) in [6.07, 6.45) is 7.25. The Bertz CT molecular complexity index is 258. The number of hydrogen-bond donors (Lipinski definition) is 1. The number of nitrogens with zero attached hydrogens (tertiary/aromatic N) is 1. The van der Waals surface area contributed by atoms with Crippen LogP contribution in [0.2, 0.25) is 0 Å². The normalized spacial score (nSPS) is 37.1. The van der Waals surface area contributed by atoms with Crippen molar-refractivity contribution in [3.8, 4) is 0 Å². The van der Waals surface area contributed by atoms with Crippen LogP contribution in [0, 0.1) is 17.8 Å². The van der Waals surface area contributed by atoms with Crippen molar-refractivity contribution in [3.05, 3.63) is 0 Å². The fraction of sp³-hybridized carbons (Fsp3) is 1.00. The fourth-order valence-electron chi connectivity index (χ4n) is 3.35. The maximum atomic E-state index is 3.83. The first kappa shape index (κ1) is 12.0. The second-order valence-electron chi connectivity index (χ2n) is 6.72. The van der Waals surface area contributed by atoms with Gasteiger partial charge in [-0.2, -0.15) is 0 Å². The van der Waals surface area contributed by atoms with Gasteiger partial charge >= 0.3 is 0 Å². The average Bonchev–Trinajstić information content (AvgIpc) is 3.18. The summed E-state index contributed by atoms with van der Waals surface area (Å²) in [4.78, 5) is 2.84. The highest BCUT2D eigenvalue weighted by Crippen LogP contribution is 2.39. The Morgan fingerprint density at radius 2 is 1.88 bits per heavy atom. The zero-order valence-corrected chi connectivity index (χ0v) is 11.5. The van der Waals surface area contributed by atoms with Crippen LogP contribution < -0.4 is 5.32 Å². The average molecular weight is 236 g/mol. The maximum Gasteiger partial charge on any atom is 0.0249 e. The lowest BCUT2D eigenvalue weighted by molar-refractivity contribution is 0.0919. The van der Waals surface area contributed by atoms with Gasteiger partial charge in [-0.05, 0) is 43.4 Å². The van der Waals surface area contributed by atoms with Gasteiger partial charge in [0, 0.05) is 31.7 Å². The molecule has 0 spiro atoms. The molecule has 1 aliphatic heterocycles. The Hall–Kier alpha value is -0.0800. The maximum absolute atomic E-state index is 3.83. The lowest BCUT2D eigenvalue weighted by atomic mass is 9.99. The Kier molecular flexibility index (Phi) is 3.45. The van der Waals surface area contributed by atoms with Crippen molar-refractivity contribution in [2.45, 2.75) is 58.0 Å². The number of rotatable bonds is 5. The van der Waals surface area contributed by atoms with Crippen LogP contribution in [0.1, 0.15) is 46.0 Å².